The van der Waals surface area contributed by atoms with Gasteiger partial charge in [0.15, 0.2) is 5.82 Å². The van der Waals surface area contributed by atoms with Crippen LogP contribution in [-0.4, -0.2) is 9.97 Å². The van der Waals surface area contributed by atoms with Crippen molar-refractivity contribution >= 4 is 21.5 Å². The van der Waals surface area contributed by atoms with Crippen LogP contribution >= 0.6 is 0 Å². The molecule has 12 rings (SSSR count). The van der Waals surface area contributed by atoms with Crippen LogP contribution in [0.4, 0.5) is 0 Å². The van der Waals surface area contributed by atoms with Crippen LogP contribution in [-0.2, 0) is 5.41 Å². The molecule has 1 spiro atoms. The van der Waals surface area contributed by atoms with Gasteiger partial charge in [0.1, 0.15) is 0 Å². The average molecular weight is 723 g/mol. The van der Waals surface area contributed by atoms with E-state index in [1.807, 2.05) is 6.07 Å². The molecule has 0 radical (unpaired) electrons. The van der Waals surface area contributed by atoms with Crippen molar-refractivity contribution in [3.63, 3.8) is 0 Å². The topological polar surface area (TPSA) is 25.8 Å². The van der Waals surface area contributed by atoms with Crippen LogP contribution in [0.2, 0.25) is 0 Å². The summed E-state index contributed by atoms with van der Waals surface area (Å²) in [7, 11) is 0. The van der Waals surface area contributed by atoms with Gasteiger partial charge in [0, 0.05) is 16.7 Å². The van der Waals surface area contributed by atoms with Gasteiger partial charge in [-0.15, -0.1) is 0 Å². The van der Waals surface area contributed by atoms with E-state index in [1.165, 1.54) is 66.1 Å². The lowest BCUT2D eigenvalue weighted by molar-refractivity contribution is 0.794. The molecule has 2 nitrogen and oxygen atoms in total. The molecule has 1 aromatic heterocycles. The first kappa shape index (κ1) is 31.9. The number of hydrogen-bond donors (Lipinski definition) is 0. The molecule has 0 aliphatic heterocycles. The molecule has 0 amide bonds. The minimum atomic E-state index is -0.370. The first-order valence-corrected chi connectivity index (χ1v) is 19.7. The predicted octanol–water partition coefficient (Wildman–Crippen LogP) is 13.8. The molecular weight excluding hydrogens is 689 g/mol. The molecule has 264 valence electrons. The minimum absolute atomic E-state index is 0.370. The van der Waals surface area contributed by atoms with Crippen molar-refractivity contribution in [1.82, 2.24) is 9.97 Å². The maximum absolute atomic E-state index is 5.36. The zero-order valence-corrected chi connectivity index (χ0v) is 31.0. The molecule has 0 saturated carbocycles. The van der Waals surface area contributed by atoms with E-state index in [1.54, 1.807) is 0 Å². The molecule has 10 aromatic rings. The molecule has 0 unspecified atom stereocenters. The Morgan fingerprint density at radius 3 is 1.51 bits per heavy atom. The van der Waals surface area contributed by atoms with Crippen molar-refractivity contribution in [2.45, 2.75) is 5.41 Å². The van der Waals surface area contributed by atoms with Crippen molar-refractivity contribution in [1.29, 1.82) is 0 Å². The molecule has 0 N–H and O–H groups in total. The maximum Gasteiger partial charge on any atom is 0.161 e. The quantitative estimate of drug-likeness (QED) is 0.169. The van der Waals surface area contributed by atoms with Crippen LogP contribution in [0.3, 0.4) is 0 Å². The second-order valence-corrected chi connectivity index (χ2v) is 15.2. The summed E-state index contributed by atoms with van der Waals surface area (Å²) < 4.78 is 0. The summed E-state index contributed by atoms with van der Waals surface area (Å²) in [6, 6.07) is 74.9. The number of rotatable bonds is 4. The van der Waals surface area contributed by atoms with E-state index in [2.05, 4.69) is 200 Å². The highest BCUT2D eigenvalue weighted by Gasteiger charge is 2.51. The van der Waals surface area contributed by atoms with Gasteiger partial charge in [-0.25, -0.2) is 9.97 Å². The number of hydrogen-bond acceptors (Lipinski definition) is 2. The summed E-state index contributed by atoms with van der Waals surface area (Å²) in [5.74, 6) is 0.705. The summed E-state index contributed by atoms with van der Waals surface area (Å²) >= 11 is 0. The van der Waals surface area contributed by atoms with Crippen LogP contribution in [0, 0.1) is 0 Å². The Kier molecular flexibility index (Phi) is 6.88. The summed E-state index contributed by atoms with van der Waals surface area (Å²) in [5, 5.41) is 4.93. The highest BCUT2D eigenvalue weighted by Crippen LogP contribution is 2.63. The summed E-state index contributed by atoms with van der Waals surface area (Å²) in [5.41, 5.74) is 17.4. The van der Waals surface area contributed by atoms with E-state index in [-0.39, 0.29) is 5.41 Å². The lowest BCUT2D eigenvalue weighted by atomic mass is 9.70. The fraction of sp³-hybridized carbons (Fsp3) is 0.0182. The number of aromatic nitrogens is 2. The van der Waals surface area contributed by atoms with E-state index in [0.29, 0.717) is 5.82 Å². The maximum atomic E-state index is 5.36. The predicted molar refractivity (Wildman–Crippen MR) is 235 cm³/mol. The molecular formula is C55H34N2. The van der Waals surface area contributed by atoms with Gasteiger partial charge in [0.2, 0.25) is 0 Å². The van der Waals surface area contributed by atoms with Gasteiger partial charge in [0.05, 0.1) is 16.8 Å². The molecule has 0 atom stereocenters. The standard InChI is InChI=1S/C55H34N2/c1-2-15-36(16-3-1)52-34-53(39-28-30-42-37(32-39)27-26-35-14-4-5-17-40(35)42)57-54(56-52)46-22-7-6-18-41(46)38-29-31-51-47(33-38)45-21-10-13-25-50(45)55(51)48-23-11-8-19-43(48)44-20-9-12-24-49(44)55/h1-34H. The van der Waals surface area contributed by atoms with Crippen molar-refractivity contribution in [2.75, 3.05) is 0 Å². The smallest absolute Gasteiger partial charge is 0.161 e. The fourth-order valence-electron chi connectivity index (χ4n) is 9.84. The fourth-order valence-corrected chi connectivity index (χ4v) is 9.84. The van der Waals surface area contributed by atoms with Gasteiger partial charge in [-0.05, 0) is 95.4 Å². The molecule has 0 saturated heterocycles. The van der Waals surface area contributed by atoms with Crippen LogP contribution in [0.15, 0.2) is 206 Å². The van der Waals surface area contributed by atoms with E-state index in [9.17, 15) is 0 Å². The van der Waals surface area contributed by atoms with E-state index < -0.39 is 0 Å². The summed E-state index contributed by atoms with van der Waals surface area (Å²) in [4.78, 5) is 10.7. The second kappa shape index (κ2) is 12.3. The number of fused-ring (bicyclic) bond motifs is 13. The lowest BCUT2D eigenvalue weighted by Gasteiger charge is -2.30. The highest BCUT2D eigenvalue weighted by atomic mass is 14.9. The monoisotopic (exact) mass is 722 g/mol. The van der Waals surface area contributed by atoms with Crippen molar-refractivity contribution < 1.29 is 0 Å². The van der Waals surface area contributed by atoms with Crippen molar-refractivity contribution in [2.24, 2.45) is 0 Å². The Hall–Kier alpha value is -7.42. The van der Waals surface area contributed by atoms with Gasteiger partial charge < -0.3 is 0 Å². The number of benzene rings is 9. The average Bonchev–Trinajstić information content (AvgIpc) is 3.76. The molecule has 2 heteroatoms. The third-order valence-electron chi connectivity index (χ3n) is 12.3. The highest BCUT2D eigenvalue weighted by molar-refractivity contribution is 6.08. The molecule has 1 heterocycles. The van der Waals surface area contributed by atoms with Crippen molar-refractivity contribution in [3.8, 4) is 67.3 Å². The molecule has 2 aliphatic carbocycles. The van der Waals surface area contributed by atoms with Gasteiger partial charge in [-0.1, -0.05) is 188 Å². The number of nitrogens with zero attached hydrogens (tertiary/aromatic N) is 2. The zero-order chi connectivity index (χ0) is 37.5. The SMILES string of the molecule is c1ccc(-c2cc(-c3ccc4c(ccc5ccccc54)c3)nc(-c3ccccc3-c3ccc4c(c3)-c3ccccc3C43c4ccccc4-c4ccccc43)n2)cc1. The Bertz CT molecular complexity index is 3200. The van der Waals surface area contributed by atoms with E-state index in [0.717, 1.165) is 39.2 Å². The second-order valence-electron chi connectivity index (χ2n) is 15.2. The summed E-state index contributed by atoms with van der Waals surface area (Å²) in [6.45, 7) is 0. The first-order chi connectivity index (χ1) is 28.3. The van der Waals surface area contributed by atoms with Crippen LogP contribution in [0.5, 0.6) is 0 Å². The largest absolute Gasteiger partial charge is 0.228 e. The van der Waals surface area contributed by atoms with E-state index in [4.69, 9.17) is 9.97 Å². The normalized spacial score (nSPS) is 13.1. The van der Waals surface area contributed by atoms with Gasteiger partial charge in [0.25, 0.3) is 0 Å². The third-order valence-corrected chi connectivity index (χ3v) is 12.3. The molecule has 2 aliphatic rings. The Balaban J connectivity index is 1.04. The van der Waals surface area contributed by atoms with Crippen LogP contribution in [0.25, 0.3) is 88.8 Å². The van der Waals surface area contributed by atoms with E-state index >= 15 is 0 Å². The van der Waals surface area contributed by atoms with Crippen molar-refractivity contribution in [3.05, 3.63) is 229 Å². The third kappa shape index (κ3) is 4.65. The van der Waals surface area contributed by atoms with Gasteiger partial charge >= 0.3 is 0 Å². The molecule has 0 fully saturated rings. The first-order valence-electron chi connectivity index (χ1n) is 19.7. The van der Waals surface area contributed by atoms with Crippen LogP contribution in [0.1, 0.15) is 22.3 Å². The van der Waals surface area contributed by atoms with Gasteiger partial charge in [-0.3, -0.25) is 0 Å². The Morgan fingerprint density at radius 2 is 0.789 bits per heavy atom. The zero-order valence-electron chi connectivity index (χ0n) is 31.0. The molecule has 57 heavy (non-hydrogen) atoms. The van der Waals surface area contributed by atoms with Gasteiger partial charge in [-0.2, -0.15) is 0 Å². The minimum Gasteiger partial charge on any atom is -0.228 e. The lowest BCUT2D eigenvalue weighted by Crippen LogP contribution is -2.25. The Morgan fingerprint density at radius 1 is 0.281 bits per heavy atom. The van der Waals surface area contributed by atoms with Crippen LogP contribution < -0.4 is 0 Å². The molecule has 0 bridgehead atoms. The Labute approximate surface area is 331 Å². The molecule has 9 aromatic carbocycles. The summed E-state index contributed by atoms with van der Waals surface area (Å²) in [6.07, 6.45) is 0.